The van der Waals surface area contributed by atoms with Gasteiger partial charge in [-0.25, -0.2) is 0 Å². The summed E-state index contributed by atoms with van der Waals surface area (Å²) < 4.78 is 23.0. The van der Waals surface area contributed by atoms with E-state index in [0.29, 0.717) is 13.0 Å². The molecule has 0 aromatic heterocycles. The number of aliphatic hydroxyl groups excluding tert-OH is 4. The summed E-state index contributed by atoms with van der Waals surface area (Å²) in [6.07, 6.45) is 57.4. The number of rotatable bonds is 57. The monoisotopic (exact) mass is 1010 g/mol. The highest BCUT2D eigenvalue weighted by Gasteiger charge is 2.44. The molecule has 0 radical (unpaired) electrons. The van der Waals surface area contributed by atoms with Crippen molar-refractivity contribution in [3.05, 3.63) is 0 Å². The van der Waals surface area contributed by atoms with Crippen molar-refractivity contribution in [1.82, 2.24) is 0 Å². The van der Waals surface area contributed by atoms with E-state index in [2.05, 4.69) is 13.8 Å². The highest BCUT2D eigenvalue weighted by atomic mass is 16.7. The van der Waals surface area contributed by atoms with Gasteiger partial charge in [-0.2, -0.15) is 0 Å². The van der Waals surface area contributed by atoms with Gasteiger partial charge in [0.1, 0.15) is 30.5 Å². The molecule has 6 atom stereocenters. The van der Waals surface area contributed by atoms with E-state index in [4.69, 9.17) is 18.9 Å². The third-order valence-corrected chi connectivity index (χ3v) is 15.3. The van der Waals surface area contributed by atoms with Crippen molar-refractivity contribution in [2.75, 3.05) is 26.4 Å². The Morgan fingerprint density at radius 1 is 0.394 bits per heavy atom. The second-order valence-electron chi connectivity index (χ2n) is 22.2. The number of esters is 1. The summed E-state index contributed by atoms with van der Waals surface area (Å²) in [5.74, 6) is -0.301. The number of hydrogen-bond donors (Lipinski definition) is 4. The van der Waals surface area contributed by atoms with Crippen LogP contribution < -0.4 is 0 Å². The summed E-state index contributed by atoms with van der Waals surface area (Å²) in [5, 5.41) is 40.4. The lowest BCUT2D eigenvalue weighted by molar-refractivity contribution is -0.305. The van der Waals surface area contributed by atoms with Crippen molar-refractivity contribution in [3.63, 3.8) is 0 Å². The van der Waals surface area contributed by atoms with E-state index in [-0.39, 0.29) is 19.2 Å². The maximum atomic E-state index is 12.9. The Morgan fingerprint density at radius 2 is 0.690 bits per heavy atom. The third kappa shape index (κ3) is 44.1. The molecule has 1 aliphatic heterocycles. The van der Waals surface area contributed by atoms with E-state index < -0.39 is 43.4 Å². The Bertz CT molecular complexity index is 1060. The van der Waals surface area contributed by atoms with Crippen LogP contribution in [0.15, 0.2) is 0 Å². The van der Waals surface area contributed by atoms with Crippen LogP contribution in [0.1, 0.15) is 328 Å². The molecule has 1 heterocycles. The Labute approximate surface area is 440 Å². The van der Waals surface area contributed by atoms with Crippen molar-refractivity contribution in [2.45, 2.75) is 365 Å². The van der Waals surface area contributed by atoms with Gasteiger partial charge in [-0.1, -0.05) is 309 Å². The van der Waals surface area contributed by atoms with Crippen LogP contribution in [0.3, 0.4) is 0 Å². The fourth-order valence-electron chi connectivity index (χ4n) is 10.4. The predicted molar refractivity (Wildman–Crippen MR) is 298 cm³/mol. The van der Waals surface area contributed by atoms with Gasteiger partial charge in [0.15, 0.2) is 6.29 Å². The SMILES string of the molecule is CCCCCCCCCCCCCCCCCCCCCCCCCCOCC(COC1OC(CO)C(O)C(O)C1O)OC(=O)CCCCCCCCCCCCCCCCCCCCCCCCCC. The molecule has 1 fully saturated rings. The molecule has 0 bridgehead atoms. The molecule has 0 amide bonds. The topological polar surface area (TPSA) is 135 Å². The van der Waals surface area contributed by atoms with Crippen LogP contribution in [-0.4, -0.2) is 89.6 Å². The number of aliphatic hydroxyl groups is 4. The summed E-state index contributed by atoms with van der Waals surface area (Å²) in [5.41, 5.74) is 0. The van der Waals surface area contributed by atoms with Gasteiger partial charge in [0.2, 0.25) is 0 Å². The predicted octanol–water partition coefficient (Wildman–Crippen LogP) is 16.9. The minimum absolute atomic E-state index is 0.104. The fraction of sp³-hybridized carbons (Fsp3) is 0.984. The Hall–Kier alpha value is -0.810. The van der Waals surface area contributed by atoms with Crippen molar-refractivity contribution in [1.29, 1.82) is 0 Å². The summed E-state index contributed by atoms with van der Waals surface area (Å²) in [7, 11) is 0. The summed E-state index contributed by atoms with van der Waals surface area (Å²) in [6.45, 7) is 4.66. The van der Waals surface area contributed by atoms with Crippen LogP contribution in [0.4, 0.5) is 0 Å². The molecule has 6 unspecified atom stereocenters. The van der Waals surface area contributed by atoms with Crippen molar-refractivity contribution in [3.8, 4) is 0 Å². The molecule has 0 aromatic rings. The van der Waals surface area contributed by atoms with Crippen LogP contribution >= 0.6 is 0 Å². The first-order valence-electron chi connectivity index (χ1n) is 31.6. The van der Waals surface area contributed by atoms with E-state index in [9.17, 15) is 25.2 Å². The van der Waals surface area contributed by atoms with Gasteiger partial charge >= 0.3 is 5.97 Å². The Morgan fingerprint density at radius 3 is 1.00 bits per heavy atom. The van der Waals surface area contributed by atoms with Crippen molar-refractivity contribution >= 4 is 5.97 Å². The maximum absolute atomic E-state index is 12.9. The van der Waals surface area contributed by atoms with Crippen LogP contribution in [-0.2, 0) is 23.7 Å². The van der Waals surface area contributed by atoms with Gasteiger partial charge in [-0.3, -0.25) is 4.79 Å². The normalized spacial score (nSPS) is 18.6. The van der Waals surface area contributed by atoms with Crippen molar-refractivity contribution < 1.29 is 44.2 Å². The molecule has 1 saturated heterocycles. The quantitative estimate of drug-likeness (QED) is 0.0347. The van der Waals surface area contributed by atoms with Crippen molar-refractivity contribution in [2.24, 2.45) is 0 Å². The lowest BCUT2D eigenvalue weighted by Crippen LogP contribution is -2.59. The molecule has 424 valence electrons. The van der Waals surface area contributed by atoms with Gasteiger partial charge in [0, 0.05) is 13.0 Å². The molecule has 0 aliphatic carbocycles. The molecule has 1 rings (SSSR count). The lowest BCUT2D eigenvalue weighted by Gasteiger charge is -2.39. The molecule has 9 heteroatoms. The van der Waals surface area contributed by atoms with E-state index in [1.807, 2.05) is 0 Å². The Balaban J connectivity index is 2.09. The number of hydrogen-bond acceptors (Lipinski definition) is 9. The maximum Gasteiger partial charge on any atom is 0.306 e. The zero-order valence-electron chi connectivity index (χ0n) is 47.3. The van der Waals surface area contributed by atoms with E-state index in [1.54, 1.807) is 0 Å². The van der Waals surface area contributed by atoms with Crippen LogP contribution in [0.2, 0.25) is 0 Å². The first kappa shape index (κ1) is 68.2. The van der Waals surface area contributed by atoms with Gasteiger partial charge in [-0.05, 0) is 12.8 Å². The molecule has 9 nitrogen and oxygen atoms in total. The van der Waals surface area contributed by atoms with Crippen LogP contribution in [0.5, 0.6) is 0 Å². The van der Waals surface area contributed by atoms with Gasteiger partial charge in [-0.15, -0.1) is 0 Å². The van der Waals surface area contributed by atoms with E-state index >= 15 is 0 Å². The minimum atomic E-state index is -1.53. The molecule has 71 heavy (non-hydrogen) atoms. The number of ether oxygens (including phenoxy) is 4. The Kier molecular flexibility index (Phi) is 51.9. The number of carbonyl (C=O) groups is 1. The van der Waals surface area contributed by atoms with Gasteiger partial charge in [0.05, 0.1) is 19.8 Å². The summed E-state index contributed by atoms with van der Waals surface area (Å²) in [6, 6.07) is 0. The first-order chi connectivity index (χ1) is 34.9. The van der Waals surface area contributed by atoms with Gasteiger partial charge in [0.25, 0.3) is 0 Å². The van der Waals surface area contributed by atoms with E-state index in [1.165, 1.54) is 276 Å². The molecule has 0 aromatic carbocycles. The first-order valence-corrected chi connectivity index (χ1v) is 31.6. The smallest absolute Gasteiger partial charge is 0.306 e. The van der Waals surface area contributed by atoms with Crippen LogP contribution in [0, 0.1) is 0 Å². The summed E-state index contributed by atoms with van der Waals surface area (Å²) in [4.78, 5) is 12.9. The lowest BCUT2D eigenvalue weighted by atomic mass is 9.99. The standard InChI is InChI=1S/C62H122O9/c1-3-5-7-9-11-13-15-17-19-21-23-25-27-29-31-33-35-37-39-41-43-45-47-49-51-58(64)70-56(55-69-62-61(67)60(66)59(65)57(53-63)71-62)54-68-52-50-48-46-44-42-40-38-36-34-32-30-28-26-24-22-20-18-16-14-12-10-8-6-4-2/h56-57,59-63,65-67H,3-55H2,1-2H3. The average Bonchev–Trinajstić information content (AvgIpc) is 3.37. The molecular formula is C62H122O9. The highest BCUT2D eigenvalue weighted by molar-refractivity contribution is 5.69. The minimum Gasteiger partial charge on any atom is -0.457 e. The second-order valence-corrected chi connectivity index (χ2v) is 22.2. The summed E-state index contributed by atoms with van der Waals surface area (Å²) >= 11 is 0. The molecule has 0 saturated carbocycles. The zero-order valence-corrected chi connectivity index (χ0v) is 47.3. The largest absolute Gasteiger partial charge is 0.457 e. The zero-order chi connectivity index (χ0) is 51.3. The number of carbonyl (C=O) groups excluding carboxylic acids is 1. The molecule has 1 aliphatic rings. The van der Waals surface area contributed by atoms with Gasteiger partial charge < -0.3 is 39.4 Å². The second kappa shape index (κ2) is 54.0. The third-order valence-electron chi connectivity index (χ3n) is 15.3. The van der Waals surface area contributed by atoms with E-state index in [0.717, 1.165) is 32.1 Å². The molecule has 4 N–H and O–H groups in total. The molecular weight excluding hydrogens is 889 g/mol. The van der Waals surface area contributed by atoms with Crippen LogP contribution in [0.25, 0.3) is 0 Å². The molecule has 0 spiro atoms. The highest BCUT2D eigenvalue weighted by Crippen LogP contribution is 2.23. The number of unbranched alkanes of at least 4 members (excludes halogenated alkanes) is 46. The average molecular weight is 1010 g/mol. The fourth-order valence-corrected chi connectivity index (χ4v) is 10.4.